The van der Waals surface area contributed by atoms with Crippen LogP contribution in [0.25, 0.3) is 0 Å². The van der Waals surface area contributed by atoms with E-state index in [0.29, 0.717) is 6.42 Å². The maximum absolute atomic E-state index is 12.4. The average Bonchev–Trinajstić information content (AvgIpc) is 2.69. The van der Waals surface area contributed by atoms with E-state index in [2.05, 4.69) is 67.4 Å². The van der Waals surface area contributed by atoms with Gasteiger partial charge in [-0.15, -0.1) is 0 Å². The average molecular weight is 381 g/mol. The van der Waals surface area contributed by atoms with Gasteiger partial charge in [0.25, 0.3) is 0 Å². The SMILES string of the molecule is CCCCN(CCCC)c1ccc(CC(=O)NC(C)Cc2ccccc2)cc1. The molecule has 0 aliphatic carbocycles. The van der Waals surface area contributed by atoms with Gasteiger partial charge in [0.15, 0.2) is 0 Å². The van der Waals surface area contributed by atoms with Crippen molar-refractivity contribution in [2.45, 2.75) is 65.3 Å². The minimum absolute atomic E-state index is 0.0880. The second-order valence-electron chi connectivity index (χ2n) is 7.70. The molecule has 0 fully saturated rings. The number of carbonyl (C=O) groups excluding carboxylic acids is 1. The smallest absolute Gasteiger partial charge is 0.224 e. The van der Waals surface area contributed by atoms with Gasteiger partial charge in [0.1, 0.15) is 0 Å². The second-order valence-corrected chi connectivity index (χ2v) is 7.70. The number of amides is 1. The summed E-state index contributed by atoms with van der Waals surface area (Å²) < 4.78 is 0. The Hall–Kier alpha value is -2.29. The second kappa shape index (κ2) is 12.2. The first-order chi connectivity index (χ1) is 13.6. The molecule has 0 aliphatic rings. The quantitative estimate of drug-likeness (QED) is 0.536. The Morgan fingerprint density at radius 1 is 0.893 bits per heavy atom. The minimum Gasteiger partial charge on any atom is -0.372 e. The van der Waals surface area contributed by atoms with E-state index in [-0.39, 0.29) is 11.9 Å². The molecule has 1 atom stereocenters. The van der Waals surface area contributed by atoms with Crippen LogP contribution in [0.3, 0.4) is 0 Å². The third-order valence-corrected chi connectivity index (χ3v) is 5.02. The van der Waals surface area contributed by atoms with Gasteiger partial charge in [-0.25, -0.2) is 0 Å². The van der Waals surface area contributed by atoms with Gasteiger partial charge in [-0.1, -0.05) is 69.2 Å². The summed E-state index contributed by atoms with van der Waals surface area (Å²) in [7, 11) is 0. The third-order valence-electron chi connectivity index (χ3n) is 5.02. The van der Waals surface area contributed by atoms with Crippen LogP contribution in [0.4, 0.5) is 5.69 Å². The predicted octanol–water partition coefficient (Wildman–Crippen LogP) is 5.38. The van der Waals surface area contributed by atoms with Crippen LogP contribution in [-0.4, -0.2) is 25.0 Å². The lowest BCUT2D eigenvalue weighted by molar-refractivity contribution is -0.121. The normalized spacial score (nSPS) is 11.8. The van der Waals surface area contributed by atoms with Crippen molar-refractivity contribution < 1.29 is 4.79 Å². The van der Waals surface area contributed by atoms with Crippen LogP contribution in [0.15, 0.2) is 54.6 Å². The fourth-order valence-electron chi connectivity index (χ4n) is 3.42. The molecule has 3 heteroatoms. The summed E-state index contributed by atoms with van der Waals surface area (Å²) in [5.41, 5.74) is 3.58. The molecule has 1 N–H and O–H groups in total. The van der Waals surface area contributed by atoms with E-state index < -0.39 is 0 Å². The van der Waals surface area contributed by atoms with Crippen molar-refractivity contribution in [3.05, 3.63) is 65.7 Å². The van der Waals surface area contributed by atoms with Crippen LogP contribution in [0.2, 0.25) is 0 Å². The van der Waals surface area contributed by atoms with Crippen LogP contribution >= 0.6 is 0 Å². The molecule has 1 amide bonds. The Morgan fingerprint density at radius 3 is 2.07 bits per heavy atom. The zero-order valence-corrected chi connectivity index (χ0v) is 17.8. The van der Waals surface area contributed by atoms with Crippen LogP contribution in [0, 0.1) is 0 Å². The molecule has 152 valence electrons. The van der Waals surface area contributed by atoms with Crippen molar-refractivity contribution in [1.82, 2.24) is 5.32 Å². The van der Waals surface area contributed by atoms with E-state index in [0.717, 1.165) is 25.1 Å². The van der Waals surface area contributed by atoms with Crippen molar-refractivity contribution in [3.63, 3.8) is 0 Å². The first-order valence-electron chi connectivity index (χ1n) is 10.8. The molecule has 0 heterocycles. The van der Waals surface area contributed by atoms with Crippen LogP contribution in [-0.2, 0) is 17.6 Å². The van der Waals surface area contributed by atoms with Crippen LogP contribution < -0.4 is 10.2 Å². The summed E-state index contributed by atoms with van der Waals surface area (Å²) in [6.45, 7) is 8.74. The number of nitrogens with one attached hydrogen (secondary N) is 1. The summed E-state index contributed by atoms with van der Waals surface area (Å²) in [5.74, 6) is 0.0880. The number of benzene rings is 2. The topological polar surface area (TPSA) is 32.3 Å². The lowest BCUT2D eigenvalue weighted by Gasteiger charge is -2.25. The Morgan fingerprint density at radius 2 is 1.50 bits per heavy atom. The zero-order valence-electron chi connectivity index (χ0n) is 17.8. The minimum atomic E-state index is 0.0880. The van der Waals surface area contributed by atoms with Crippen molar-refractivity contribution >= 4 is 11.6 Å². The number of hydrogen-bond donors (Lipinski definition) is 1. The van der Waals surface area contributed by atoms with Gasteiger partial charge >= 0.3 is 0 Å². The highest BCUT2D eigenvalue weighted by molar-refractivity contribution is 5.79. The van der Waals surface area contributed by atoms with Gasteiger partial charge in [0, 0.05) is 24.8 Å². The molecule has 0 aliphatic heterocycles. The number of nitrogens with zero attached hydrogens (tertiary/aromatic N) is 1. The Kier molecular flexibility index (Phi) is 9.61. The molecular formula is C25H36N2O. The fraction of sp³-hybridized carbons (Fsp3) is 0.480. The van der Waals surface area contributed by atoms with E-state index in [1.807, 2.05) is 18.2 Å². The lowest BCUT2D eigenvalue weighted by atomic mass is 10.1. The standard InChI is InChI=1S/C25H36N2O/c1-4-6-17-27(18-7-5-2)24-15-13-23(14-16-24)20-25(28)26-21(3)19-22-11-9-8-10-12-22/h8-16,21H,4-7,17-20H2,1-3H3,(H,26,28). The maximum Gasteiger partial charge on any atom is 0.224 e. The highest BCUT2D eigenvalue weighted by atomic mass is 16.1. The molecule has 28 heavy (non-hydrogen) atoms. The molecule has 0 spiro atoms. The molecule has 0 saturated heterocycles. The van der Waals surface area contributed by atoms with Gasteiger partial charge in [0.2, 0.25) is 5.91 Å². The number of hydrogen-bond acceptors (Lipinski definition) is 2. The summed E-state index contributed by atoms with van der Waals surface area (Å²) in [6, 6.07) is 19.0. The lowest BCUT2D eigenvalue weighted by Crippen LogP contribution is -2.35. The largest absolute Gasteiger partial charge is 0.372 e. The number of rotatable bonds is 12. The van der Waals surface area contributed by atoms with Gasteiger partial charge in [-0.3, -0.25) is 4.79 Å². The molecule has 3 nitrogen and oxygen atoms in total. The number of carbonyl (C=O) groups is 1. The third kappa shape index (κ3) is 7.75. The molecule has 2 aromatic rings. The van der Waals surface area contributed by atoms with Crippen LogP contribution in [0.1, 0.15) is 57.6 Å². The number of anilines is 1. The highest BCUT2D eigenvalue weighted by Crippen LogP contribution is 2.17. The Balaban J connectivity index is 1.86. The van der Waals surface area contributed by atoms with Crippen molar-refractivity contribution in [2.24, 2.45) is 0 Å². The molecule has 0 aromatic heterocycles. The van der Waals surface area contributed by atoms with Gasteiger partial charge < -0.3 is 10.2 Å². The zero-order chi connectivity index (χ0) is 20.2. The van der Waals surface area contributed by atoms with E-state index >= 15 is 0 Å². The molecule has 2 aromatic carbocycles. The monoisotopic (exact) mass is 380 g/mol. The maximum atomic E-state index is 12.4. The first kappa shape index (κ1) is 22.0. The van der Waals surface area contributed by atoms with E-state index in [1.165, 1.54) is 36.9 Å². The van der Waals surface area contributed by atoms with Gasteiger partial charge in [-0.05, 0) is 49.4 Å². The van der Waals surface area contributed by atoms with Crippen molar-refractivity contribution in [2.75, 3.05) is 18.0 Å². The molecule has 0 bridgehead atoms. The first-order valence-corrected chi connectivity index (χ1v) is 10.8. The number of unbranched alkanes of at least 4 members (excludes halogenated alkanes) is 2. The molecule has 1 unspecified atom stereocenters. The molecule has 2 rings (SSSR count). The molecule has 0 radical (unpaired) electrons. The highest BCUT2D eigenvalue weighted by Gasteiger charge is 2.10. The van der Waals surface area contributed by atoms with E-state index in [9.17, 15) is 4.79 Å². The van der Waals surface area contributed by atoms with Gasteiger partial charge in [-0.2, -0.15) is 0 Å². The summed E-state index contributed by atoms with van der Waals surface area (Å²) >= 11 is 0. The summed E-state index contributed by atoms with van der Waals surface area (Å²) in [6.07, 6.45) is 6.14. The summed E-state index contributed by atoms with van der Waals surface area (Å²) in [4.78, 5) is 14.9. The molecule has 0 saturated carbocycles. The van der Waals surface area contributed by atoms with Gasteiger partial charge in [0.05, 0.1) is 6.42 Å². The Bertz CT molecular complexity index is 673. The summed E-state index contributed by atoms with van der Waals surface area (Å²) in [5, 5.41) is 3.12. The Labute approximate surface area is 171 Å². The fourth-order valence-corrected chi connectivity index (χ4v) is 3.42. The van der Waals surface area contributed by atoms with E-state index in [1.54, 1.807) is 0 Å². The van der Waals surface area contributed by atoms with Crippen molar-refractivity contribution in [1.29, 1.82) is 0 Å². The predicted molar refractivity (Wildman–Crippen MR) is 120 cm³/mol. The van der Waals surface area contributed by atoms with E-state index in [4.69, 9.17) is 0 Å². The van der Waals surface area contributed by atoms with Crippen LogP contribution in [0.5, 0.6) is 0 Å². The molecular weight excluding hydrogens is 344 g/mol. The van der Waals surface area contributed by atoms with Crippen molar-refractivity contribution in [3.8, 4) is 0 Å².